The van der Waals surface area contributed by atoms with Gasteiger partial charge < -0.3 is 9.47 Å². The van der Waals surface area contributed by atoms with Crippen LogP contribution in [0.15, 0.2) is 36.4 Å². The molecule has 98 valence electrons. The zero-order valence-corrected chi connectivity index (χ0v) is 11.2. The summed E-state index contributed by atoms with van der Waals surface area (Å²) in [6, 6.07) is 8.32. The summed E-state index contributed by atoms with van der Waals surface area (Å²) in [7, 11) is 0. The molecule has 0 amide bonds. The monoisotopic (exact) mass is 246 g/mol. The van der Waals surface area contributed by atoms with E-state index in [4.69, 9.17) is 9.47 Å². The largest absolute Gasteiger partial charge is 0.465 e. The second-order valence-corrected chi connectivity index (χ2v) is 5.02. The number of aryl methyl sites for hydroxylation is 1. The lowest BCUT2D eigenvalue weighted by Crippen LogP contribution is -2.24. The van der Waals surface area contributed by atoms with Crippen molar-refractivity contribution in [3.8, 4) is 5.75 Å². The van der Waals surface area contributed by atoms with Crippen molar-refractivity contribution in [2.24, 2.45) is 0 Å². The van der Waals surface area contributed by atoms with Crippen LogP contribution in [0, 0.1) is 0 Å². The van der Waals surface area contributed by atoms with Crippen LogP contribution in [0.2, 0.25) is 0 Å². The molecular formula is C16H22O2. The Labute approximate surface area is 110 Å². The second-order valence-electron chi connectivity index (χ2n) is 5.02. The molecule has 1 fully saturated rings. The van der Waals surface area contributed by atoms with Gasteiger partial charge in [-0.2, -0.15) is 0 Å². The normalized spacial score (nSPS) is 19.5. The molecule has 0 aliphatic carbocycles. The van der Waals surface area contributed by atoms with Gasteiger partial charge in [0.05, 0.1) is 6.61 Å². The SMILES string of the molecule is C=C(C)CCc1ccc(O[C@H]2CCCCO2)cc1. The summed E-state index contributed by atoms with van der Waals surface area (Å²) < 4.78 is 11.4. The summed E-state index contributed by atoms with van der Waals surface area (Å²) in [5.74, 6) is 0.904. The van der Waals surface area contributed by atoms with Gasteiger partial charge in [0.25, 0.3) is 0 Å². The van der Waals surface area contributed by atoms with Gasteiger partial charge in [0.2, 0.25) is 0 Å². The first-order valence-corrected chi connectivity index (χ1v) is 6.75. The number of benzene rings is 1. The molecule has 0 bridgehead atoms. The molecule has 1 aliphatic heterocycles. The molecule has 1 saturated heterocycles. The zero-order valence-electron chi connectivity index (χ0n) is 11.2. The lowest BCUT2D eigenvalue weighted by atomic mass is 10.1. The minimum atomic E-state index is -0.0555. The zero-order chi connectivity index (χ0) is 12.8. The quantitative estimate of drug-likeness (QED) is 0.728. The van der Waals surface area contributed by atoms with E-state index in [-0.39, 0.29) is 6.29 Å². The van der Waals surface area contributed by atoms with Crippen molar-refractivity contribution in [2.75, 3.05) is 6.61 Å². The van der Waals surface area contributed by atoms with E-state index < -0.39 is 0 Å². The van der Waals surface area contributed by atoms with Crippen LogP contribution in [0.3, 0.4) is 0 Å². The molecule has 2 rings (SSSR count). The highest BCUT2D eigenvalue weighted by Gasteiger charge is 2.14. The molecule has 0 unspecified atom stereocenters. The van der Waals surface area contributed by atoms with E-state index in [0.717, 1.165) is 38.0 Å². The Morgan fingerprint density at radius 1 is 1.33 bits per heavy atom. The number of ether oxygens (including phenoxy) is 2. The van der Waals surface area contributed by atoms with Gasteiger partial charge in [0, 0.05) is 6.42 Å². The molecule has 1 atom stereocenters. The molecule has 2 nitrogen and oxygen atoms in total. The fraction of sp³-hybridized carbons (Fsp3) is 0.500. The van der Waals surface area contributed by atoms with Gasteiger partial charge in [-0.3, -0.25) is 0 Å². The number of hydrogen-bond donors (Lipinski definition) is 0. The maximum absolute atomic E-state index is 5.80. The molecule has 0 radical (unpaired) electrons. The Morgan fingerprint density at radius 3 is 2.72 bits per heavy atom. The van der Waals surface area contributed by atoms with Gasteiger partial charge >= 0.3 is 0 Å². The molecule has 0 saturated carbocycles. The maximum Gasteiger partial charge on any atom is 0.199 e. The van der Waals surface area contributed by atoms with E-state index in [2.05, 4.69) is 25.6 Å². The minimum absolute atomic E-state index is 0.0555. The summed E-state index contributed by atoms with van der Waals surface area (Å²) in [6.45, 7) is 6.81. The van der Waals surface area contributed by atoms with E-state index in [9.17, 15) is 0 Å². The van der Waals surface area contributed by atoms with Gasteiger partial charge in [0.1, 0.15) is 5.75 Å². The molecular weight excluding hydrogens is 224 g/mol. The highest BCUT2D eigenvalue weighted by molar-refractivity contribution is 5.27. The van der Waals surface area contributed by atoms with Gasteiger partial charge in [-0.15, -0.1) is 6.58 Å². The van der Waals surface area contributed by atoms with Gasteiger partial charge in [-0.05, 0) is 50.3 Å². The van der Waals surface area contributed by atoms with Crippen molar-refractivity contribution in [3.63, 3.8) is 0 Å². The fourth-order valence-corrected chi connectivity index (χ4v) is 2.05. The topological polar surface area (TPSA) is 18.5 Å². The van der Waals surface area contributed by atoms with Crippen LogP contribution in [-0.4, -0.2) is 12.9 Å². The Balaban J connectivity index is 1.84. The molecule has 1 aliphatic rings. The van der Waals surface area contributed by atoms with Crippen molar-refractivity contribution < 1.29 is 9.47 Å². The van der Waals surface area contributed by atoms with Crippen molar-refractivity contribution in [3.05, 3.63) is 42.0 Å². The molecule has 0 N–H and O–H groups in total. The van der Waals surface area contributed by atoms with Crippen molar-refractivity contribution >= 4 is 0 Å². The summed E-state index contributed by atoms with van der Waals surface area (Å²) >= 11 is 0. The van der Waals surface area contributed by atoms with Crippen LogP contribution < -0.4 is 4.74 Å². The summed E-state index contributed by atoms with van der Waals surface area (Å²) in [4.78, 5) is 0. The predicted octanol–water partition coefficient (Wildman–Crippen LogP) is 4.10. The molecule has 1 aromatic carbocycles. The number of hydrogen-bond acceptors (Lipinski definition) is 2. The lowest BCUT2D eigenvalue weighted by Gasteiger charge is -2.23. The third kappa shape index (κ3) is 4.19. The van der Waals surface area contributed by atoms with E-state index in [1.54, 1.807) is 0 Å². The van der Waals surface area contributed by atoms with Crippen molar-refractivity contribution in [1.29, 1.82) is 0 Å². The standard InChI is InChI=1S/C16H22O2/c1-13(2)6-7-14-8-10-15(11-9-14)18-16-5-3-4-12-17-16/h8-11,16H,1,3-7,12H2,2H3/t16-/m0/s1. The van der Waals surface area contributed by atoms with E-state index in [0.29, 0.717) is 0 Å². The Bertz CT molecular complexity index is 375. The summed E-state index contributed by atoms with van der Waals surface area (Å²) in [5.41, 5.74) is 2.56. The van der Waals surface area contributed by atoms with Crippen LogP contribution in [0.25, 0.3) is 0 Å². The van der Waals surface area contributed by atoms with Crippen LogP contribution in [-0.2, 0) is 11.2 Å². The average Bonchev–Trinajstić information content (AvgIpc) is 2.39. The van der Waals surface area contributed by atoms with E-state index >= 15 is 0 Å². The van der Waals surface area contributed by atoms with Crippen LogP contribution in [0.4, 0.5) is 0 Å². The molecule has 0 aromatic heterocycles. The average molecular weight is 246 g/mol. The number of rotatable bonds is 5. The van der Waals surface area contributed by atoms with Crippen molar-refractivity contribution in [2.45, 2.75) is 45.3 Å². The van der Waals surface area contributed by atoms with E-state index in [1.165, 1.54) is 17.6 Å². The number of allylic oxidation sites excluding steroid dienone is 1. The Hall–Kier alpha value is -1.28. The molecule has 2 heteroatoms. The smallest absolute Gasteiger partial charge is 0.199 e. The first-order valence-electron chi connectivity index (χ1n) is 6.75. The summed E-state index contributed by atoms with van der Waals surface area (Å²) in [6.07, 6.45) is 5.39. The van der Waals surface area contributed by atoms with Gasteiger partial charge in [0.15, 0.2) is 6.29 Å². The first kappa shape index (κ1) is 13.2. The minimum Gasteiger partial charge on any atom is -0.465 e. The van der Waals surface area contributed by atoms with Crippen LogP contribution in [0.1, 0.15) is 38.2 Å². The highest BCUT2D eigenvalue weighted by atomic mass is 16.7. The Kier molecular flexibility index (Phi) is 4.82. The summed E-state index contributed by atoms with van der Waals surface area (Å²) in [5, 5.41) is 0. The highest BCUT2D eigenvalue weighted by Crippen LogP contribution is 2.20. The second kappa shape index (κ2) is 6.60. The maximum atomic E-state index is 5.80. The van der Waals surface area contributed by atoms with Crippen LogP contribution in [0.5, 0.6) is 5.75 Å². The Morgan fingerprint density at radius 2 is 2.11 bits per heavy atom. The first-order chi connectivity index (χ1) is 8.74. The van der Waals surface area contributed by atoms with Gasteiger partial charge in [-0.1, -0.05) is 17.7 Å². The molecule has 18 heavy (non-hydrogen) atoms. The molecule has 0 spiro atoms. The molecule has 1 heterocycles. The van der Waals surface area contributed by atoms with Crippen LogP contribution >= 0.6 is 0 Å². The third-order valence-electron chi connectivity index (χ3n) is 3.17. The van der Waals surface area contributed by atoms with Gasteiger partial charge in [-0.25, -0.2) is 0 Å². The third-order valence-corrected chi connectivity index (χ3v) is 3.17. The van der Waals surface area contributed by atoms with Crippen molar-refractivity contribution in [1.82, 2.24) is 0 Å². The fourth-order valence-electron chi connectivity index (χ4n) is 2.05. The lowest BCUT2D eigenvalue weighted by molar-refractivity contribution is -0.105. The molecule has 1 aromatic rings. The predicted molar refractivity (Wildman–Crippen MR) is 73.8 cm³/mol. The van der Waals surface area contributed by atoms with E-state index in [1.807, 2.05) is 12.1 Å².